The molecule has 2 unspecified atom stereocenters. The second-order valence-electron chi connectivity index (χ2n) is 5.27. The van der Waals surface area contributed by atoms with Gasteiger partial charge in [-0.3, -0.25) is 4.79 Å². The molecule has 1 fully saturated rings. The highest BCUT2D eigenvalue weighted by Crippen LogP contribution is 2.28. The number of hydrogen-bond donors (Lipinski definition) is 1. The van der Waals surface area contributed by atoms with Crippen LogP contribution in [0.25, 0.3) is 0 Å². The topological polar surface area (TPSA) is 38.3 Å². The lowest BCUT2D eigenvalue weighted by molar-refractivity contribution is -0.139. The van der Waals surface area contributed by atoms with Gasteiger partial charge in [0.25, 0.3) is 0 Å². The summed E-state index contributed by atoms with van der Waals surface area (Å²) in [6, 6.07) is 8.70. The lowest BCUT2D eigenvalue weighted by Crippen LogP contribution is -2.26. The van der Waals surface area contributed by atoms with E-state index in [0.717, 1.165) is 17.4 Å². The number of carbonyl (C=O) groups is 1. The third-order valence-electron chi connectivity index (χ3n) is 3.98. The van der Waals surface area contributed by atoms with Gasteiger partial charge in [-0.25, -0.2) is 0 Å². The van der Waals surface area contributed by atoms with Crippen LogP contribution in [0.5, 0.6) is 0 Å². The predicted molar refractivity (Wildman–Crippen MR) is 83.9 cm³/mol. The van der Waals surface area contributed by atoms with Gasteiger partial charge >= 0.3 is 5.97 Å². The van der Waals surface area contributed by atoms with Crippen LogP contribution in [0.4, 0.5) is 0 Å². The van der Waals surface area contributed by atoms with E-state index in [1.165, 1.54) is 31.9 Å². The molecule has 0 heterocycles. The summed E-state index contributed by atoms with van der Waals surface area (Å²) in [5.41, 5.74) is 2.26. The average Bonchev–Trinajstić information content (AvgIpc) is 2.94. The molecule has 1 aliphatic rings. The fourth-order valence-electron chi connectivity index (χ4n) is 2.72. The van der Waals surface area contributed by atoms with Gasteiger partial charge in [0.2, 0.25) is 0 Å². The Kier molecular flexibility index (Phi) is 5.92. The predicted octanol–water partition coefficient (Wildman–Crippen LogP) is 2.78. The lowest BCUT2D eigenvalue weighted by Gasteiger charge is -2.15. The van der Waals surface area contributed by atoms with Crippen molar-refractivity contribution in [1.82, 2.24) is 5.32 Å². The van der Waals surface area contributed by atoms with Crippen molar-refractivity contribution in [3.8, 4) is 0 Å². The van der Waals surface area contributed by atoms with E-state index in [4.69, 9.17) is 4.74 Å². The van der Waals surface area contributed by atoms with Gasteiger partial charge in [-0.2, -0.15) is 11.8 Å². The van der Waals surface area contributed by atoms with E-state index in [0.29, 0.717) is 12.5 Å². The average molecular weight is 293 g/mol. The number of benzene rings is 1. The molecule has 2 rings (SSSR count). The molecule has 2 atom stereocenters. The van der Waals surface area contributed by atoms with Crippen LogP contribution in [0, 0.1) is 0 Å². The van der Waals surface area contributed by atoms with E-state index >= 15 is 0 Å². The molecule has 4 heteroatoms. The van der Waals surface area contributed by atoms with Crippen LogP contribution in [0.1, 0.15) is 30.4 Å². The molecule has 1 N–H and O–H groups in total. The number of esters is 1. The smallest absolute Gasteiger partial charge is 0.309 e. The first-order valence-electron chi connectivity index (χ1n) is 7.12. The minimum Gasteiger partial charge on any atom is -0.469 e. The molecule has 110 valence electrons. The van der Waals surface area contributed by atoms with Crippen LogP contribution in [-0.4, -0.2) is 30.6 Å². The summed E-state index contributed by atoms with van der Waals surface area (Å²) in [5.74, 6) is -0.180. The zero-order valence-corrected chi connectivity index (χ0v) is 13.0. The van der Waals surface area contributed by atoms with Crippen molar-refractivity contribution in [2.75, 3.05) is 13.4 Å². The van der Waals surface area contributed by atoms with Crippen LogP contribution in [0.3, 0.4) is 0 Å². The van der Waals surface area contributed by atoms with Crippen LogP contribution < -0.4 is 5.32 Å². The van der Waals surface area contributed by atoms with E-state index in [1.54, 1.807) is 0 Å². The Bertz CT molecular complexity index is 450. The standard InChI is InChI=1S/C16H23NO2S/c1-19-16(18)9-12-5-3-4-6-13(12)11-17-14-7-8-15(10-14)20-2/h3-6,14-15,17H,7-11H2,1-2H3. The van der Waals surface area contributed by atoms with E-state index in [1.807, 2.05) is 30.0 Å². The molecule has 3 nitrogen and oxygen atoms in total. The Morgan fingerprint density at radius 3 is 2.75 bits per heavy atom. The minimum atomic E-state index is -0.180. The summed E-state index contributed by atoms with van der Waals surface area (Å²) in [5, 5.41) is 4.43. The molecule has 0 saturated heterocycles. The van der Waals surface area contributed by atoms with Gasteiger partial charge in [0.15, 0.2) is 0 Å². The second-order valence-corrected chi connectivity index (χ2v) is 6.41. The number of nitrogens with one attached hydrogen (secondary N) is 1. The van der Waals surface area contributed by atoms with Gasteiger partial charge in [-0.15, -0.1) is 0 Å². The summed E-state index contributed by atoms with van der Waals surface area (Å²) in [4.78, 5) is 11.4. The van der Waals surface area contributed by atoms with Crippen LogP contribution in [-0.2, 0) is 22.5 Å². The first-order chi connectivity index (χ1) is 9.72. The highest BCUT2D eigenvalue weighted by Gasteiger charge is 2.23. The van der Waals surface area contributed by atoms with E-state index in [9.17, 15) is 4.79 Å². The fourth-order valence-corrected chi connectivity index (χ4v) is 3.52. The van der Waals surface area contributed by atoms with Gasteiger partial charge in [0.05, 0.1) is 13.5 Å². The van der Waals surface area contributed by atoms with Crippen LogP contribution in [0.15, 0.2) is 24.3 Å². The molecule has 0 aliphatic heterocycles. The fraction of sp³-hybridized carbons (Fsp3) is 0.562. The normalized spacial score (nSPS) is 21.9. The number of rotatable bonds is 6. The monoisotopic (exact) mass is 293 g/mol. The highest BCUT2D eigenvalue weighted by atomic mass is 32.2. The molecule has 1 saturated carbocycles. The summed E-state index contributed by atoms with van der Waals surface area (Å²) in [6.07, 6.45) is 6.36. The SMILES string of the molecule is COC(=O)Cc1ccccc1CNC1CCC(SC)C1. The second kappa shape index (κ2) is 7.70. The number of thioether (sulfide) groups is 1. The molecule has 1 aromatic carbocycles. The van der Waals surface area contributed by atoms with E-state index in [2.05, 4.69) is 17.6 Å². The molecular weight excluding hydrogens is 270 g/mol. The molecule has 1 aliphatic carbocycles. The Balaban J connectivity index is 1.91. The first kappa shape index (κ1) is 15.4. The maximum absolute atomic E-state index is 11.4. The number of ether oxygens (including phenoxy) is 1. The third kappa shape index (κ3) is 4.25. The number of carbonyl (C=O) groups excluding carboxylic acids is 1. The Morgan fingerprint density at radius 1 is 1.35 bits per heavy atom. The van der Waals surface area contributed by atoms with Crippen molar-refractivity contribution in [1.29, 1.82) is 0 Å². The van der Waals surface area contributed by atoms with Crippen molar-refractivity contribution in [3.63, 3.8) is 0 Å². The molecule has 0 aromatic heterocycles. The Labute approximate surface area is 125 Å². The number of hydrogen-bond acceptors (Lipinski definition) is 4. The number of methoxy groups -OCH3 is 1. The molecule has 0 bridgehead atoms. The van der Waals surface area contributed by atoms with Crippen molar-refractivity contribution in [2.45, 2.75) is 43.5 Å². The van der Waals surface area contributed by atoms with E-state index in [-0.39, 0.29) is 5.97 Å². The van der Waals surface area contributed by atoms with Crippen molar-refractivity contribution in [2.24, 2.45) is 0 Å². The quantitative estimate of drug-likeness (QED) is 0.819. The summed E-state index contributed by atoms with van der Waals surface area (Å²) < 4.78 is 4.75. The molecule has 20 heavy (non-hydrogen) atoms. The summed E-state index contributed by atoms with van der Waals surface area (Å²) in [7, 11) is 1.43. The van der Waals surface area contributed by atoms with Gasteiger partial charge < -0.3 is 10.1 Å². The maximum atomic E-state index is 11.4. The molecule has 0 amide bonds. The van der Waals surface area contributed by atoms with Gasteiger partial charge in [-0.05, 0) is 36.6 Å². The third-order valence-corrected chi connectivity index (χ3v) is 5.07. The molecule has 0 radical (unpaired) electrons. The molecule has 0 spiro atoms. The van der Waals surface area contributed by atoms with Gasteiger partial charge in [0.1, 0.15) is 0 Å². The molecule has 1 aromatic rings. The highest BCUT2D eigenvalue weighted by molar-refractivity contribution is 7.99. The van der Waals surface area contributed by atoms with Crippen LogP contribution >= 0.6 is 11.8 Å². The zero-order chi connectivity index (χ0) is 14.4. The molecular formula is C16H23NO2S. The van der Waals surface area contributed by atoms with Crippen molar-refractivity contribution in [3.05, 3.63) is 35.4 Å². The lowest BCUT2D eigenvalue weighted by atomic mass is 10.0. The minimum absolute atomic E-state index is 0.180. The largest absolute Gasteiger partial charge is 0.469 e. The Hall–Kier alpha value is -1.00. The zero-order valence-electron chi connectivity index (χ0n) is 12.2. The van der Waals surface area contributed by atoms with E-state index < -0.39 is 0 Å². The van der Waals surface area contributed by atoms with Crippen molar-refractivity contribution >= 4 is 17.7 Å². The summed E-state index contributed by atoms with van der Waals surface area (Å²) >= 11 is 1.97. The van der Waals surface area contributed by atoms with Gasteiger partial charge in [-0.1, -0.05) is 24.3 Å². The summed E-state index contributed by atoms with van der Waals surface area (Å²) in [6.45, 7) is 0.832. The van der Waals surface area contributed by atoms with Crippen molar-refractivity contribution < 1.29 is 9.53 Å². The van der Waals surface area contributed by atoms with Crippen LogP contribution in [0.2, 0.25) is 0 Å². The Morgan fingerprint density at radius 2 is 2.10 bits per heavy atom. The maximum Gasteiger partial charge on any atom is 0.309 e. The van der Waals surface area contributed by atoms with Gasteiger partial charge in [0, 0.05) is 17.8 Å². The first-order valence-corrected chi connectivity index (χ1v) is 8.41.